The summed E-state index contributed by atoms with van der Waals surface area (Å²) in [6, 6.07) is 8.23. The van der Waals surface area contributed by atoms with Crippen molar-refractivity contribution < 1.29 is 4.79 Å². The van der Waals surface area contributed by atoms with Crippen LogP contribution in [0.5, 0.6) is 0 Å². The molecule has 0 aliphatic carbocycles. The van der Waals surface area contributed by atoms with Gasteiger partial charge in [-0.05, 0) is 29.7 Å². The van der Waals surface area contributed by atoms with E-state index in [0.717, 1.165) is 30.8 Å². The zero-order chi connectivity index (χ0) is 12.3. The van der Waals surface area contributed by atoms with Gasteiger partial charge in [0.25, 0.3) is 0 Å². The van der Waals surface area contributed by atoms with Gasteiger partial charge in [-0.1, -0.05) is 31.5 Å². The molecule has 1 aromatic carbocycles. The van der Waals surface area contributed by atoms with Gasteiger partial charge >= 0.3 is 0 Å². The number of carbonyl (C=O) groups is 1. The molecule has 1 unspecified atom stereocenters. The summed E-state index contributed by atoms with van der Waals surface area (Å²) < 4.78 is 0. The van der Waals surface area contributed by atoms with Crippen LogP contribution in [-0.2, 0) is 11.2 Å². The van der Waals surface area contributed by atoms with E-state index in [9.17, 15) is 4.79 Å². The number of hydrogen-bond acceptors (Lipinski definition) is 2. The highest BCUT2D eigenvalue weighted by Gasteiger charge is 2.25. The number of hydrogen-bond donors (Lipinski definition) is 1. The second-order valence-corrected chi connectivity index (χ2v) is 4.96. The van der Waals surface area contributed by atoms with Crippen LogP contribution in [0.15, 0.2) is 24.3 Å². The molecule has 3 heteroatoms. The van der Waals surface area contributed by atoms with Crippen molar-refractivity contribution in [1.29, 1.82) is 0 Å². The topological polar surface area (TPSA) is 20.3 Å². The Balaban J connectivity index is 2.23. The maximum Gasteiger partial charge on any atom is 0.227 e. The maximum atomic E-state index is 12.0. The van der Waals surface area contributed by atoms with E-state index >= 15 is 0 Å². The van der Waals surface area contributed by atoms with Crippen molar-refractivity contribution in [1.82, 2.24) is 0 Å². The SMILES string of the molecule is CCC(CS)CN1C(=O)CCc2ccccc21. The summed E-state index contributed by atoms with van der Waals surface area (Å²) in [5.74, 6) is 1.57. The van der Waals surface area contributed by atoms with E-state index < -0.39 is 0 Å². The number of amides is 1. The third kappa shape index (κ3) is 2.65. The number of carbonyl (C=O) groups excluding carboxylic acids is 1. The second kappa shape index (κ2) is 5.58. The summed E-state index contributed by atoms with van der Waals surface area (Å²) in [5.41, 5.74) is 2.39. The van der Waals surface area contributed by atoms with E-state index in [1.165, 1.54) is 5.56 Å². The first-order valence-electron chi connectivity index (χ1n) is 6.25. The molecule has 1 heterocycles. The minimum absolute atomic E-state index is 0.254. The molecular formula is C14H19NOS. The third-order valence-electron chi connectivity index (χ3n) is 3.47. The van der Waals surface area contributed by atoms with E-state index in [0.29, 0.717) is 12.3 Å². The van der Waals surface area contributed by atoms with Gasteiger partial charge in [-0.15, -0.1) is 0 Å². The summed E-state index contributed by atoms with van der Waals surface area (Å²) in [6.07, 6.45) is 2.58. The lowest BCUT2D eigenvalue weighted by atomic mass is 9.99. The molecule has 0 saturated carbocycles. The summed E-state index contributed by atoms with van der Waals surface area (Å²) in [4.78, 5) is 14.0. The molecule has 1 atom stereocenters. The summed E-state index contributed by atoms with van der Waals surface area (Å²) in [7, 11) is 0. The number of nitrogens with zero attached hydrogens (tertiary/aromatic N) is 1. The van der Waals surface area contributed by atoms with Gasteiger partial charge in [0, 0.05) is 18.7 Å². The van der Waals surface area contributed by atoms with Crippen LogP contribution < -0.4 is 4.90 Å². The van der Waals surface area contributed by atoms with Gasteiger partial charge in [-0.25, -0.2) is 0 Å². The van der Waals surface area contributed by atoms with Crippen molar-refractivity contribution in [3.05, 3.63) is 29.8 Å². The standard InChI is InChI=1S/C14H19NOS/c1-2-11(10-17)9-15-13-6-4-3-5-12(13)7-8-14(15)16/h3-6,11,17H,2,7-10H2,1H3. The fraction of sp³-hybridized carbons (Fsp3) is 0.500. The summed E-state index contributed by atoms with van der Waals surface area (Å²) in [6.45, 7) is 2.96. The highest BCUT2D eigenvalue weighted by Crippen LogP contribution is 2.28. The van der Waals surface area contributed by atoms with Crippen molar-refractivity contribution in [2.24, 2.45) is 5.92 Å². The molecule has 0 aromatic heterocycles. The fourth-order valence-corrected chi connectivity index (χ4v) is 2.64. The molecule has 1 amide bonds. The minimum atomic E-state index is 0.254. The second-order valence-electron chi connectivity index (χ2n) is 4.59. The van der Waals surface area contributed by atoms with Crippen molar-refractivity contribution in [3.8, 4) is 0 Å². The number of rotatable bonds is 4. The number of fused-ring (bicyclic) bond motifs is 1. The van der Waals surface area contributed by atoms with Crippen LogP contribution in [0.1, 0.15) is 25.3 Å². The van der Waals surface area contributed by atoms with Crippen LogP contribution in [0, 0.1) is 5.92 Å². The lowest BCUT2D eigenvalue weighted by molar-refractivity contribution is -0.119. The van der Waals surface area contributed by atoms with Crippen LogP contribution in [0.3, 0.4) is 0 Å². The molecule has 0 fully saturated rings. The molecule has 1 aromatic rings. The van der Waals surface area contributed by atoms with Crippen molar-refractivity contribution in [3.63, 3.8) is 0 Å². The monoisotopic (exact) mass is 249 g/mol. The zero-order valence-electron chi connectivity index (χ0n) is 10.2. The van der Waals surface area contributed by atoms with Gasteiger partial charge < -0.3 is 4.90 Å². The fourth-order valence-electron chi connectivity index (χ4n) is 2.27. The quantitative estimate of drug-likeness (QED) is 0.814. The Labute approximate surface area is 108 Å². The summed E-state index contributed by atoms with van der Waals surface area (Å²) in [5, 5.41) is 0. The predicted molar refractivity (Wildman–Crippen MR) is 74.8 cm³/mol. The van der Waals surface area contributed by atoms with Gasteiger partial charge in [-0.2, -0.15) is 12.6 Å². The number of para-hydroxylation sites is 1. The van der Waals surface area contributed by atoms with Gasteiger partial charge in [0.05, 0.1) is 0 Å². The van der Waals surface area contributed by atoms with Crippen LogP contribution in [0.25, 0.3) is 0 Å². The lowest BCUT2D eigenvalue weighted by Crippen LogP contribution is -2.39. The Bertz CT molecular complexity index is 401. The molecular weight excluding hydrogens is 230 g/mol. The van der Waals surface area contributed by atoms with Crippen molar-refractivity contribution >= 4 is 24.2 Å². The van der Waals surface area contributed by atoms with Gasteiger partial charge in [-0.3, -0.25) is 4.79 Å². The highest BCUT2D eigenvalue weighted by atomic mass is 32.1. The van der Waals surface area contributed by atoms with Gasteiger partial charge in [0.15, 0.2) is 0 Å². The Morgan fingerprint density at radius 1 is 1.35 bits per heavy atom. The Hall–Kier alpha value is -0.960. The van der Waals surface area contributed by atoms with Crippen LogP contribution in [0.4, 0.5) is 5.69 Å². The first-order valence-corrected chi connectivity index (χ1v) is 6.88. The van der Waals surface area contributed by atoms with E-state index in [1.54, 1.807) is 0 Å². The molecule has 1 aliphatic heterocycles. The maximum absolute atomic E-state index is 12.0. The largest absolute Gasteiger partial charge is 0.312 e. The zero-order valence-corrected chi connectivity index (χ0v) is 11.1. The smallest absolute Gasteiger partial charge is 0.227 e. The lowest BCUT2D eigenvalue weighted by Gasteiger charge is -2.31. The molecule has 0 N–H and O–H groups in total. The van der Waals surface area contributed by atoms with E-state index in [2.05, 4.69) is 31.7 Å². The van der Waals surface area contributed by atoms with Gasteiger partial charge in [0.2, 0.25) is 5.91 Å². The minimum Gasteiger partial charge on any atom is -0.312 e. The highest BCUT2D eigenvalue weighted by molar-refractivity contribution is 7.80. The normalized spacial score (nSPS) is 16.8. The Morgan fingerprint density at radius 2 is 2.12 bits per heavy atom. The average Bonchev–Trinajstić information content (AvgIpc) is 2.38. The Morgan fingerprint density at radius 3 is 2.82 bits per heavy atom. The van der Waals surface area contributed by atoms with E-state index in [-0.39, 0.29) is 5.91 Å². The first-order chi connectivity index (χ1) is 8.26. The molecule has 17 heavy (non-hydrogen) atoms. The molecule has 0 saturated heterocycles. The molecule has 0 radical (unpaired) electrons. The van der Waals surface area contributed by atoms with Crippen LogP contribution in [0.2, 0.25) is 0 Å². The summed E-state index contributed by atoms with van der Waals surface area (Å²) >= 11 is 4.36. The predicted octanol–water partition coefficient (Wildman–Crippen LogP) is 2.92. The molecule has 2 nitrogen and oxygen atoms in total. The number of thiol groups is 1. The molecule has 1 aliphatic rings. The molecule has 0 bridgehead atoms. The van der Waals surface area contributed by atoms with E-state index in [1.807, 2.05) is 17.0 Å². The average molecular weight is 249 g/mol. The Kier molecular flexibility index (Phi) is 4.11. The van der Waals surface area contributed by atoms with Crippen LogP contribution >= 0.6 is 12.6 Å². The van der Waals surface area contributed by atoms with Crippen LogP contribution in [-0.4, -0.2) is 18.2 Å². The van der Waals surface area contributed by atoms with E-state index in [4.69, 9.17) is 0 Å². The molecule has 2 rings (SSSR count). The first kappa shape index (κ1) is 12.5. The van der Waals surface area contributed by atoms with Crippen molar-refractivity contribution in [2.45, 2.75) is 26.2 Å². The third-order valence-corrected chi connectivity index (χ3v) is 3.98. The number of aryl methyl sites for hydroxylation is 1. The van der Waals surface area contributed by atoms with Gasteiger partial charge in [0.1, 0.15) is 0 Å². The number of anilines is 1. The molecule has 92 valence electrons. The number of benzene rings is 1. The molecule has 0 spiro atoms. The van der Waals surface area contributed by atoms with Crippen molar-refractivity contribution in [2.75, 3.05) is 17.2 Å².